The minimum absolute atomic E-state index is 0.0156. The molecule has 0 unspecified atom stereocenters. The summed E-state index contributed by atoms with van der Waals surface area (Å²) in [6.07, 6.45) is 1.08. The molecule has 2 aromatic rings. The molecular weight excluding hydrogens is 378 g/mol. The largest absolute Gasteiger partial charge is 0.435 e. The molecule has 2 aromatic carbocycles. The number of rotatable bonds is 7. The van der Waals surface area contributed by atoms with Gasteiger partial charge in [0.05, 0.1) is 5.92 Å². The van der Waals surface area contributed by atoms with Crippen LogP contribution in [0.25, 0.3) is 0 Å². The van der Waals surface area contributed by atoms with E-state index in [0.29, 0.717) is 18.2 Å². The van der Waals surface area contributed by atoms with Crippen molar-refractivity contribution >= 4 is 23.2 Å². The van der Waals surface area contributed by atoms with Crippen molar-refractivity contribution in [2.45, 2.75) is 39.2 Å². The summed E-state index contributed by atoms with van der Waals surface area (Å²) in [7, 11) is 0. The first-order valence-electron chi connectivity index (χ1n) is 9.64. The van der Waals surface area contributed by atoms with E-state index in [1.54, 1.807) is 4.90 Å². The van der Waals surface area contributed by atoms with Gasteiger partial charge in [0.15, 0.2) is 0 Å². The third-order valence-electron chi connectivity index (χ3n) is 5.21. The number of anilines is 2. The highest BCUT2D eigenvalue weighted by molar-refractivity contribution is 6.03. The molecule has 0 bridgehead atoms. The topological polar surface area (TPSA) is 58.6 Å². The van der Waals surface area contributed by atoms with Crippen LogP contribution in [-0.4, -0.2) is 25.0 Å². The average Bonchev–Trinajstić information content (AvgIpc) is 3.10. The molecule has 1 N–H and O–H groups in total. The molecule has 3 rings (SSSR count). The van der Waals surface area contributed by atoms with Gasteiger partial charge in [-0.3, -0.25) is 9.59 Å². The van der Waals surface area contributed by atoms with Crippen molar-refractivity contribution in [3.63, 3.8) is 0 Å². The Labute approximate surface area is 168 Å². The van der Waals surface area contributed by atoms with Crippen LogP contribution in [0, 0.1) is 5.92 Å². The van der Waals surface area contributed by atoms with Crippen LogP contribution in [0.1, 0.15) is 38.2 Å². The number of nitrogens with zero attached hydrogens (tertiary/aromatic N) is 1. The number of amides is 2. The van der Waals surface area contributed by atoms with Gasteiger partial charge in [0.2, 0.25) is 11.8 Å². The quantitative estimate of drug-likeness (QED) is 0.724. The first-order valence-corrected chi connectivity index (χ1v) is 9.64. The highest BCUT2D eigenvalue weighted by atomic mass is 19.3. The molecule has 154 valence electrons. The Bertz CT molecular complexity index is 871. The first-order chi connectivity index (χ1) is 13.9. The number of hydrogen-bond acceptors (Lipinski definition) is 3. The predicted molar refractivity (Wildman–Crippen MR) is 107 cm³/mol. The summed E-state index contributed by atoms with van der Waals surface area (Å²) in [4.78, 5) is 26.9. The molecule has 0 spiro atoms. The predicted octanol–water partition coefficient (Wildman–Crippen LogP) is 4.79. The van der Waals surface area contributed by atoms with Gasteiger partial charge < -0.3 is 15.0 Å². The molecule has 0 saturated carbocycles. The van der Waals surface area contributed by atoms with Crippen LogP contribution in [0.4, 0.5) is 20.2 Å². The molecule has 1 fully saturated rings. The van der Waals surface area contributed by atoms with Crippen molar-refractivity contribution in [3.05, 3.63) is 54.1 Å². The normalized spacial score (nSPS) is 17.5. The summed E-state index contributed by atoms with van der Waals surface area (Å²) < 4.78 is 28.7. The number of nitrogens with one attached hydrogen (secondary N) is 1. The van der Waals surface area contributed by atoms with Gasteiger partial charge in [0.1, 0.15) is 5.75 Å². The lowest BCUT2D eigenvalue weighted by molar-refractivity contribution is -0.122. The number of para-hydroxylation sites is 1. The van der Waals surface area contributed by atoms with Gasteiger partial charge in [0.25, 0.3) is 0 Å². The van der Waals surface area contributed by atoms with Crippen molar-refractivity contribution in [1.82, 2.24) is 0 Å². The fraction of sp³-hybridized carbons (Fsp3) is 0.364. The summed E-state index contributed by atoms with van der Waals surface area (Å²) in [6, 6.07) is 13.5. The van der Waals surface area contributed by atoms with E-state index in [1.165, 1.54) is 24.3 Å². The number of ether oxygens (including phenoxy) is 1. The zero-order valence-corrected chi connectivity index (χ0v) is 16.4. The van der Waals surface area contributed by atoms with Crippen LogP contribution >= 0.6 is 0 Å². The Morgan fingerprint density at radius 3 is 2.55 bits per heavy atom. The van der Waals surface area contributed by atoms with Gasteiger partial charge in [-0.05, 0) is 48.2 Å². The van der Waals surface area contributed by atoms with Crippen LogP contribution < -0.4 is 15.0 Å². The number of carbonyl (C=O) groups is 2. The maximum atomic E-state index is 12.6. The highest BCUT2D eigenvalue weighted by Gasteiger charge is 2.36. The molecule has 0 aliphatic carbocycles. The van der Waals surface area contributed by atoms with E-state index < -0.39 is 12.5 Å². The van der Waals surface area contributed by atoms with Gasteiger partial charge in [-0.25, -0.2) is 0 Å². The zero-order valence-electron chi connectivity index (χ0n) is 16.4. The number of hydrogen-bond donors (Lipinski definition) is 1. The second-order valence-corrected chi connectivity index (χ2v) is 7.17. The summed E-state index contributed by atoms with van der Waals surface area (Å²) >= 11 is 0. The van der Waals surface area contributed by atoms with Crippen molar-refractivity contribution in [2.24, 2.45) is 5.92 Å². The first kappa shape index (κ1) is 20.8. The SMILES string of the molecule is CC[C@H](C)c1ccccc1N1C[C@H](C(=O)Nc2ccc(OC(F)F)cc2)CC1=O. The van der Waals surface area contributed by atoms with E-state index in [4.69, 9.17) is 0 Å². The van der Waals surface area contributed by atoms with Crippen LogP contribution in [0.5, 0.6) is 5.75 Å². The standard InChI is InChI=1S/C22H24F2N2O3/c1-3-14(2)18-6-4-5-7-19(18)26-13-15(12-20(26)27)21(28)25-16-8-10-17(11-9-16)29-22(23)24/h4-11,14-15,22H,3,12-13H2,1-2H3,(H,25,28)/t14-,15+/m0/s1. The van der Waals surface area contributed by atoms with E-state index in [-0.39, 0.29) is 24.0 Å². The van der Waals surface area contributed by atoms with Gasteiger partial charge in [0, 0.05) is 24.3 Å². The van der Waals surface area contributed by atoms with Gasteiger partial charge in [-0.2, -0.15) is 8.78 Å². The minimum atomic E-state index is -2.90. The maximum absolute atomic E-state index is 12.6. The van der Waals surface area contributed by atoms with Crippen LogP contribution in [0.3, 0.4) is 0 Å². The Balaban J connectivity index is 1.68. The Morgan fingerprint density at radius 2 is 1.90 bits per heavy atom. The van der Waals surface area contributed by atoms with Gasteiger partial charge in [-0.1, -0.05) is 32.0 Å². The smallest absolute Gasteiger partial charge is 0.387 e. The second-order valence-electron chi connectivity index (χ2n) is 7.17. The van der Waals surface area contributed by atoms with Crippen LogP contribution in [0.2, 0.25) is 0 Å². The molecule has 2 atom stereocenters. The second kappa shape index (κ2) is 9.03. The lowest BCUT2D eigenvalue weighted by Gasteiger charge is -2.23. The van der Waals surface area contributed by atoms with E-state index in [9.17, 15) is 18.4 Å². The molecule has 2 amide bonds. The van der Waals surface area contributed by atoms with Crippen molar-refractivity contribution in [3.8, 4) is 5.75 Å². The van der Waals surface area contributed by atoms with Gasteiger partial charge >= 0.3 is 6.61 Å². The molecule has 7 heteroatoms. The van der Waals surface area contributed by atoms with E-state index >= 15 is 0 Å². The summed E-state index contributed by atoms with van der Waals surface area (Å²) in [5, 5.41) is 2.74. The van der Waals surface area contributed by atoms with Gasteiger partial charge in [-0.15, -0.1) is 0 Å². The third-order valence-corrected chi connectivity index (χ3v) is 5.21. The summed E-state index contributed by atoms with van der Waals surface area (Å²) in [5.41, 5.74) is 2.41. The molecule has 29 heavy (non-hydrogen) atoms. The lowest BCUT2D eigenvalue weighted by Crippen LogP contribution is -2.29. The summed E-state index contributed by atoms with van der Waals surface area (Å²) in [5.74, 6) is -0.516. The highest BCUT2D eigenvalue weighted by Crippen LogP contribution is 2.33. The Hall–Kier alpha value is -2.96. The number of halogens is 2. The number of benzene rings is 2. The molecule has 1 saturated heterocycles. The average molecular weight is 402 g/mol. The van der Waals surface area contributed by atoms with Crippen molar-refractivity contribution < 1.29 is 23.1 Å². The van der Waals surface area contributed by atoms with Crippen LogP contribution in [-0.2, 0) is 9.59 Å². The zero-order chi connectivity index (χ0) is 21.0. The Morgan fingerprint density at radius 1 is 1.21 bits per heavy atom. The van der Waals surface area contributed by atoms with Crippen molar-refractivity contribution in [2.75, 3.05) is 16.8 Å². The molecule has 1 heterocycles. The molecule has 0 radical (unpaired) electrons. The van der Waals surface area contributed by atoms with E-state index in [2.05, 4.69) is 23.9 Å². The van der Waals surface area contributed by atoms with Crippen LogP contribution in [0.15, 0.2) is 48.5 Å². The molecule has 1 aliphatic rings. The summed E-state index contributed by atoms with van der Waals surface area (Å²) in [6.45, 7) is 1.63. The number of carbonyl (C=O) groups excluding carboxylic acids is 2. The molecule has 1 aliphatic heterocycles. The third kappa shape index (κ3) is 4.91. The molecule has 5 nitrogen and oxygen atoms in total. The van der Waals surface area contributed by atoms with Crippen molar-refractivity contribution in [1.29, 1.82) is 0 Å². The minimum Gasteiger partial charge on any atom is -0.435 e. The molecular formula is C22H24F2N2O3. The fourth-order valence-electron chi connectivity index (χ4n) is 3.45. The Kier molecular flexibility index (Phi) is 6.46. The maximum Gasteiger partial charge on any atom is 0.387 e. The van der Waals surface area contributed by atoms with E-state index in [0.717, 1.165) is 17.7 Å². The fourth-order valence-corrected chi connectivity index (χ4v) is 3.45. The number of alkyl halides is 2. The lowest BCUT2D eigenvalue weighted by atomic mass is 9.96. The monoisotopic (exact) mass is 402 g/mol. The molecule has 0 aromatic heterocycles. The van der Waals surface area contributed by atoms with E-state index in [1.807, 2.05) is 24.3 Å².